The van der Waals surface area contributed by atoms with Gasteiger partial charge >= 0.3 is 5.97 Å². The maximum atomic E-state index is 11.4. The fourth-order valence-electron chi connectivity index (χ4n) is 1.52. The summed E-state index contributed by atoms with van der Waals surface area (Å²) in [6, 6.07) is 0. The van der Waals surface area contributed by atoms with E-state index in [1.807, 2.05) is 11.8 Å². The molecule has 0 N–H and O–H groups in total. The molecule has 0 amide bonds. The normalized spacial score (nSPS) is 10.9. The van der Waals surface area contributed by atoms with Gasteiger partial charge in [-0.05, 0) is 19.5 Å². The highest BCUT2D eigenvalue weighted by Crippen LogP contribution is 2.04. The summed E-state index contributed by atoms with van der Waals surface area (Å²) in [6.07, 6.45) is 1.49. The number of nitrogens with zero attached hydrogens (tertiary/aromatic N) is 1. The average molecular weight is 291 g/mol. The van der Waals surface area contributed by atoms with E-state index < -0.39 is 0 Å². The number of hydrogen-bond acceptors (Lipinski definition) is 5. The minimum absolute atomic E-state index is 0.115. The van der Waals surface area contributed by atoms with Gasteiger partial charge in [-0.15, -0.1) is 0 Å². The van der Waals surface area contributed by atoms with Gasteiger partial charge in [-0.3, -0.25) is 4.79 Å². The maximum Gasteiger partial charge on any atom is 0.306 e. The van der Waals surface area contributed by atoms with Crippen molar-refractivity contribution in [3.05, 3.63) is 0 Å². The van der Waals surface area contributed by atoms with Gasteiger partial charge in [-0.1, -0.05) is 20.8 Å². The molecule has 4 nitrogen and oxygen atoms in total. The van der Waals surface area contributed by atoms with E-state index in [0.717, 1.165) is 44.2 Å². The molecule has 0 fully saturated rings. The predicted molar refractivity (Wildman–Crippen MR) is 81.8 cm³/mol. The highest BCUT2D eigenvalue weighted by molar-refractivity contribution is 7.99. The maximum absolute atomic E-state index is 11.4. The largest absolute Gasteiger partial charge is 0.463 e. The Kier molecular flexibility index (Phi) is 14.0. The molecule has 0 aliphatic heterocycles. The second-order valence-electron chi connectivity index (χ2n) is 4.22. The van der Waals surface area contributed by atoms with E-state index >= 15 is 0 Å². The first-order valence-corrected chi connectivity index (χ1v) is 8.43. The van der Waals surface area contributed by atoms with Crippen LogP contribution in [0.4, 0.5) is 0 Å². The minimum Gasteiger partial charge on any atom is -0.463 e. The summed E-state index contributed by atoms with van der Waals surface area (Å²) in [4.78, 5) is 13.8. The highest BCUT2D eigenvalue weighted by Gasteiger charge is 2.03. The lowest BCUT2D eigenvalue weighted by Gasteiger charge is -2.17. The Morgan fingerprint density at radius 1 is 1.05 bits per heavy atom. The second kappa shape index (κ2) is 14.2. The van der Waals surface area contributed by atoms with Crippen LogP contribution in [0.1, 0.15) is 33.6 Å². The van der Waals surface area contributed by atoms with Crippen molar-refractivity contribution in [2.24, 2.45) is 0 Å². The van der Waals surface area contributed by atoms with E-state index in [2.05, 4.69) is 25.7 Å². The van der Waals surface area contributed by atoms with E-state index in [4.69, 9.17) is 9.47 Å². The number of thioether (sulfide) groups is 1. The number of hydrogen-bond donors (Lipinski definition) is 0. The van der Waals surface area contributed by atoms with Crippen molar-refractivity contribution in [3.8, 4) is 0 Å². The highest BCUT2D eigenvalue weighted by atomic mass is 32.2. The topological polar surface area (TPSA) is 38.8 Å². The molecule has 0 aromatic carbocycles. The average Bonchev–Trinajstić information content (AvgIpc) is 2.42. The second-order valence-corrected chi connectivity index (χ2v) is 5.45. The molecule has 0 spiro atoms. The molecule has 0 radical (unpaired) electrons. The first-order valence-electron chi connectivity index (χ1n) is 7.28. The summed E-state index contributed by atoms with van der Waals surface area (Å²) >= 11 is 1.81. The van der Waals surface area contributed by atoms with Crippen LogP contribution in [0, 0.1) is 0 Å². The first-order chi connectivity index (χ1) is 9.24. The summed E-state index contributed by atoms with van der Waals surface area (Å²) in [5, 5.41) is 0. The van der Waals surface area contributed by atoms with Gasteiger partial charge in [0.2, 0.25) is 0 Å². The molecule has 0 atom stereocenters. The molecule has 19 heavy (non-hydrogen) atoms. The van der Waals surface area contributed by atoms with Crippen molar-refractivity contribution in [1.29, 1.82) is 0 Å². The van der Waals surface area contributed by atoms with Crippen LogP contribution in [0.3, 0.4) is 0 Å². The van der Waals surface area contributed by atoms with Gasteiger partial charge in [0.25, 0.3) is 0 Å². The van der Waals surface area contributed by atoms with Crippen LogP contribution in [0.2, 0.25) is 0 Å². The first kappa shape index (κ1) is 18.7. The van der Waals surface area contributed by atoms with Crippen molar-refractivity contribution in [2.45, 2.75) is 33.6 Å². The number of esters is 1. The van der Waals surface area contributed by atoms with Crippen LogP contribution in [-0.2, 0) is 14.3 Å². The van der Waals surface area contributed by atoms with Gasteiger partial charge in [-0.25, -0.2) is 0 Å². The Hall–Kier alpha value is -0.260. The molecule has 0 saturated carbocycles. The Labute approximate surface area is 122 Å². The SMILES string of the molecule is CCCOCCOC(=O)CCSCCN(CC)CC. The predicted octanol–water partition coefficient (Wildman–Crippen LogP) is 2.42. The monoisotopic (exact) mass is 291 g/mol. The molecule has 0 bridgehead atoms. The zero-order valence-electron chi connectivity index (χ0n) is 12.7. The molecule has 0 aromatic rings. The number of ether oxygens (including phenoxy) is 2. The molecule has 114 valence electrons. The third-order valence-corrected chi connectivity index (χ3v) is 3.70. The van der Waals surface area contributed by atoms with E-state index in [1.54, 1.807) is 0 Å². The summed E-state index contributed by atoms with van der Waals surface area (Å²) in [7, 11) is 0. The lowest BCUT2D eigenvalue weighted by molar-refractivity contribution is -0.144. The summed E-state index contributed by atoms with van der Waals surface area (Å²) in [5.74, 6) is 1.81. The lowest BCUT2D eigenvalue weighted by atomic mass is 10.5. The van der Waals surface area contributed by atoms with Crippen molar-refractivity contribution < 1.29 is 14.3 Å². The standard InChI is InChI=1S/C14H29NO3S/c1-4-9-17-10-11-18-14(16)7-12-19-13-8-15(5-2)6-3/h4-13H2,1-3H3. The number of rotatable bonds is 13. The molecule has 5 heteroatoms. The Bertz CT molecular complexity index is 211. The van der Waals surface area contributed by atoms with Crippen molar-refractivity contribution in [2.75, 3.05) is 51.0 Å². The quantitative estimate of drug-likeness (QED) is 0.385. The van der Waals surface area contributed by atoms with Gasteiger partial charge in [0.15, 0.2) is 0 Å². The van der Waals surface area contributed by atoms with Gasteiger partial charge in [0, 0.05) is 24.7 Å². The van der Waals surface area contributed by atoms with Crippen LogP contribution in [0.5, 0.6) is 0 Å². The molecule has 0 rings (SSSR count). The molecule has 0 aromatic heterocycles. The molecular weight excluding hydrogens is 262 g/mol. The van der Waals surface area contributed by atoms with Crippen LogP contribution in [0.15, 0.2) is 0 Å². The van der Waals surface area contributed by atoms with Gasteiger partial charge in [0.05, 0.1) is 13.0 Å². The van der Waals surface area contributed by atoms with E-state index in [9.17, 15) is 4.79 Å². The van der Waals surface area contributed by atoms with Crippen LogP contribution in [0.25, 0.3) is 0 Å². The van der Waals surface area contributed by atoms with E-state index in [0.29, 0.717) is 19.6 Å². The molecule has 0 heterocycles. The number of carbonyl (C=O) groups is 1. The van der Waals surface area contributed by atoms with Crippen molar-refractivity contribution in [1.82, 2.24) is 4.90 Å². The zero-order valence-corrected chi connectivity index (χ0v) is 13.5. The molecule has 0 aliphatic rings. The minimum atomic E-state index is -0.115. The van der Waals surface area contributed by atoms with Crippen LogP contribution < -0.4 is 0 Å². The van der Waals surface area contributed by atoms with Crippen LogP contribution >= 0.6 is 11.8 Å². The fraction of sp³-hybridized carbons (Fsp3) is 0.929. The Morgan fingerprint density at radius 3 is 2.42 bits per heavy atom. The molecule has 0 unspecified atom stereocenters. The Balaban J connectivity index is 3.29. The third kappa shape index (κ3) is 12.5. The molecular formula is C14H29NO3S. The van der Waals surface area contributed by atoms with Gasteiger partial charge in [-0.2, -0.15) is 11.8 Å². The van der Waals surface area contributed by atoms with Crippen molar-refractivity contribution >= 4 is 17.7 Å². The van der Waals surface area contributed by atoms with Crippen LogP contribution in [-0.4, -0.2) is 61.8 Å². The summed E-state index contributed by atoms with van der Waals surface area (Å²) < 4.78 is 10.3. The fourth-order valence-corrected chi connectivity index (χ4v) is 2.43. The Morgan fingerprint density at radius 2 is 1.79 bits per heavy atom. The van der Waals surface area contributed by atoms with Gasteiger partial charge < -0.3 is 14.4 Å². The van der Waals surface area contributed by atoms with E-state index in [1.165, 1.54) is 0 Å². The third-order valence-electron chi connectivity index (χ3n) is 2.74. The smallest absolute Gasteiger partial charge is 0.306 e. The van der Waals surface area contributed by atoms with E-state index in [-0.39, 0.29) is 5.97 Å². The molecule has 0 saturated heterocycles. The van der Waals surface area contributed by atoms with Crippen molar-refractivity contribution in [3.63, 3.8) is 0 Å². The summed E-state index contributed by atoms with van der Waals surface area (Å²) in [5.41, 5.74) is 0. The zero-order chi connectivity index (χ0) is 14.3. The lowest BCUT2D eigenvalue weighted by Crippen LogP contribution is -2.25. The summed E-state index contributed by atoms with van der Waals surface area (Å²) in [6.45, 7) is 11.3. The molecule has 0 aliphatic carbocycles. The van der Waals surface area contributed by atoms with Gasteiger partial charge in [0.1, 0.15) is 6.61 Å². The number of carbonyl (C=O) groups excluding carboxylic acids is 1.